The van der Waals surface area contributed by atoms with Crippen molar-refractivity contribution in [3.63, 3.8) is 0 Å². The van der Waals surface area contributed by atoms with Crippen molar-refractivity contribution < 1.29 is 13.9 Å². The maximum absolute atomic E-state index is 12.4. The van der Waals surface area contributed by atoms with Gasteiger partial charge in [-0.3, -0.25) is 9.48 Å². The van der Waals surface area contributed by atoms with Crippen LogP contribution < -0.4 is 10.1 Å². The Kier molecular flexibility index (Phi) is 7.10. The Bertz CT molecular complexity index is 1040. The van der Waals surface area contributed by atoms with Gasteiger partial charge in [-0.15, -0.1) is 0 Å². The number of nitrogens with zero attached hydrogens (tertiary/aromatic N) is 2. The van der Waals surface area contributed by atoms with E-state index in [1.165, 1.54) is 0 Å². The molecule has 0 atom stereocenters. The highest BCUT2D eigenvalue weighted by atomic mass is 35.5. The first kappa shape index (κ1) is 22.2. The molecule has 0 aliphatic rings. The van der Waals surface area contributed by atoms with Gasteiger partial charge in [0.2, 0.25) is 0 Å². The number of aromatic nitrogens is 2. The summed E-state index contributed by atoms with van der Waals surface area (Å²) in [5, 5.41) is 8.20. The molecule has 1 aromatic carbocycles. The Labute approximate surface area is 186 Å². The van der Waals surface area contributed by atoms with Crippen LogP contribution in [-0.4, -0.2) is 15.7 Å². The van der Waals surface area contributed by atoms with Crippen LogP contribution in [0.5, 0.6) is 5.75 Å². The van der Waals surface area contributed by atoms with Crippen molar-refractivity contribution in [3.8, 4) is 5.75 Å². The van der Waals surface area contributed by atoms with Gasteiger partial charge >= 0.3 is 0 Å². The molecule has 8 heteroatoms. The lowest BCUT2D eigenvalue weighted by atomic mass is 10.0. The molecular weight excluding hydrogens is 425 g/mol. The Morgan fingerprint density at radius 3 is 2.73 bits per heavy atom. The molecule has 1 N–H and O–H groups in total. The average Bonchev–Trinajstić information content (AvgIpc) is 3.33. The highest BCUT2D eigenvalue weighted by molar-refractivity contribution is 6.31. The van der Waals surface area contributed by atoms with E-state index in [-0.39, 0.29) is 30.7 Å². The molecular formula is C22H25Cl2N3O3. The number of amides is 1. The molecule has 0 spiro atoms. The lowest BCUT2D eigenvalue weighted by Crippen LogP contribution is -2.24. The molecule has 3 rings (SSSR count). The predicted octanol–water partition coefficient (Wildman–Crippen LogP) is 5.74. The van der Waals surface area contributed by atoms with E-state index >= 15 is 0 Å². The van der Waals surface area contributed by atoms with Crippen LogP contribution in [0.1, 0.15) is 59.8 Å². The van der Waals surface area contributed by atoms with Crippen LogP contribution in [0.3, 0.4) is 0 Å². The number of hydrogen-bond donors (Lipinski definition) is 1. The number of rotatable bonds is 8. The Hall–Kier alpha value is -2.44. The summed E-state index contributed by atoms with van der Waals surface area (Å²) in [7, 11) is 0. The van der Waals surface area contributed by atoms with Gasteiger partial charge in [0, 0.05) is 11.6 Å². The Morgan fingerprint density at radius 1 is 1.27 bits per heavy atom. The molecule has 160 valence electrons. The zero-order chi connectivity index (χ0) is 21.8. The molecule has 1 amide bonds. The largest absolute Gasteiger partial charge is 0.485 e. The van der Waals surface area contributed by atoms with E-state index < -0.39 is 0 Å². The fourth-order valence-electron chi connectivity index (χ4n) is 3.06. The number of carbonyl (C=O) groups excluding carboxylic acids is 1. The summed E-state index contributed by atoms with van der Waals surface area (Å²) < 4.78 is 13.4. The van der Waals surface area contributed by atoms with E-state index in [9.17, 15) is 4.79 Å². The first-order valence-corrected chi connectivity index (χ1v) is 10.6. The third-order valence-electron chi connectivity index (χ3n) is 4.78. The molecule has 0 unspecified atom stereocenters. The van der Waals surface area contributed by atoms with E-state index in [0.717, 1.165) is 22.6 Å². The summed E-state index contributed by atoms with van der Waals surface area (Å²) in [6.45, 7) is 9.21. The van der Waals surface area contributed by atoms with Gasteiger partial charge in [0.05, 0.1) is 23.5 Å². The van der Waals surface area contributed by atoms with Crippen molar-refractivity contribution >= 4 is 29.1 Å². The van der Waals surface area contributed by atoms with Crippen LogP contribution in [0, 0.1) is 6.92 Å². The zero-order valence-corrected chi connectivity index (χ0v) is 19.0. The van der Waals surface area contributed by atoms with Gasteiger partial charge in [0.15, 0.2) is 5.76 Å². The third kappa shape index (κ3) is 4.99. The maximum atomic E-state index is 12.4. The molecule has 0 saturated carbocycles. The first-order valence-electron chi connectivity index (χ1n) is 9.80. The second-order valence-corrected chi connectivity index (χ2v) is 8.10. The van der Waals surface area contributed by atoms with E-state index in [1.54, 1.807) is 23.0 Å². The summed E-state index contributed by atoms with van der Waals surface area (Å²) in [6, 6.07) is 7.22. The number of ether oxygens (including phenoxy) is 1. The van der Waals surface area contributed by atoms with Crippen LogP contribution in [0.25, 0.3) is 0 Å². The van der Waals surface area contributed by atoms with Gasteiger partial charge in [-0.1, -0.05) is 37.0 Å². The molecule has 0 bridgehead atoms. The summed E-state index contributed by atoms with van der Waals surface area (Å²) in [5.41, 5.74) is 2.72. The molecule has 6 nitrogen and oxygen atoms in total. The van der Waals surface area contributed by atoms with Gasteiger partial charge in [-0.25, -0.2) is 0 Å². The van der Waals surface area contributed by atoms with Crippen LogP contribution >= 0.6 is 23.2 Å². The molecule has 30 heavy (non-hydrogen) atoms. The van der Waals surface area contributed by atoms with Gasteiger partial charge < -0.3 is 14.5 Å². The molecule has 0 radical (unpaired) electrons. The van der Waals surface area contributed by atoms with Gasteiger partial charge in [-0.05, 0) is 55.2 Å². The van der Waals surface area contributed by atoms with Crippen LogP contribution in [0.4, 0.5) is 0 Å². The summed E-state index contributed by atoms with van der Waals surface area (Å²) >= 11 is 12.4. The lowest BCUT2D eigenvalue weighted by Gasteiger charge is -2.15. The van der Waals surface area contributed by atoms with E-state index in [4.69, 9.17) is 32.4 Å². The second kappa shape index (κ2) is 9.58. The molecule has 0 saturated heterocycles. The second-order valence-electron chi connectivity index (χ2n) is 7.29. The smallest absolute Gasteiger partial charge is 0.287 e. The zero-order valence-electron chi connectivity index (χ0n) is 17.5. The van der Waals surface area contributed by atoms with E-state index in [0.29, 0.717) is 22.4 Å². The standard InChI is InChI=1S/C22H25Cl2N3O3/c1-5-27-19(18(24)10-26-27)11-25-22(28)20-7-6-15(30-20)12-29-21-8-14(4)17(23)9-16(21)13(2)3/h6-10,13H,5,11-12H2,1-4H3,(H,25,28). The number of nitrogens with one attached hydrogen (secondary N) is 1. The number of carbonyl (C=O) groups is 1. The third-order valence-corrected chi connectivity index (χ3v) is 5.51. The van der Waals surface area contributed by atoms with Crippen molar-refractivity contribution in [3.05, 3.63) is 68.8 Å². The molecule has 2 heterocycles. The normalized spacial score (nSPS) is 11.2. The van der Waals surface area contributed by atoms with Crippen LogP contribution in [0.15, 0.2) is 34.9 Å². The van der Waals surface area contributed by atoms with Gasteiger partial charge in [0.1, 0.15) is 18.1 Å². The molecule has 0 aliphatic carbocycles. The number of hydrogen-bond acceptors (Lipinski definition) is 4. The van der Waals surface area contributed by atoms with Crippen LogP contribution in [-0.2, 0) is 19.7 Å². The van der Waals surface area contributed by atoms with E-state index in [2.05, 4.69) is 24.3 Å². The number of furan rings is 1. The number of aryl methyl sites for hydroxylation is 2. The fourth-order valence-corrected chi connectivity index (χ4v) is 3.44. The van der Waals surface area contributed by atoms with E-state index in [1.807, 2.05) is 26.0 Å². The minimum Gasteiger partial charge on any atom is -0.485 e. The molecule has 2 aromatic heterocycles. The minimum atomic E-state index is -0.327. The van der Waals surface area contributed by atoms with Crippen molar-refractivity contribution in [2.24, 2.45) is 0 Å². The highest BCUT2D eigenvalue weighted by Crippen LogP contribution is 2.32. The molecule has 0 fully saturated rings. The summed E-state index contributed by atoms with van der Waals surface area (Å²) in [5.74, 6) is 1.46. The van der Waals surface area contributed by atoms with Crippen molar-refractivity contribution in [2.45, 2.75) is 53.3 Å². The van der Waals surface area contributed by atoms with Crippen molar-refractivity contribution in [2.75, 3.05) is 0 Å². The fraction of sp³-hybridized carbons (Fsp3) is 0.364. The van der Waals surface area contributed by atoms with Crippen LogP contribution in [0.2, 0.25) is 10.0 Å². The SMILES string of the molecule is CCn1ncc(Cl)c1CNC(=O)c1ccc(COc2cc(C)c(Cl)cc2C(C)C)o1. The summed E-state index contributed by atoms with van der Waals surface area (Å²) in [6.07, 6.45) is 1.57. The lowest BCUT2D eigenvalue weighted by molar-refractivity contribution is 0.0918. The highest BCUT2D eigenvalue weighted by Gasteiger charge is 2.16. The number of benzene rings is 1. The first-order chi connectivity index (χ1) is 14.3. The quantitative estimate of drug-likeness (QED) is 0.475. The monoisotopic (exact) mass is 449 g/mol. The maximum Gasteiger partial charge on any atom is 0.287 e. The average molecular weight is 450 g/mol. The Morgan fingerprint density at radius 2 is 2.03 bits per heavy atom. The Balaban J connectivity index is 1.63. The predicted molar refractivity (Wildman–Crippen MR) is 117 cm³/mol. The van der Waals surface area contributed by atoms with Crippen molar-refractivity contribution in [1.82, 2.24) is 15.1 Å². The molecule has 0 aliphatic heterocycles. The van der Waals surface area contributed by atoms with Gasteiger partial charge in [-0.2, -0.15) is 5.10 Å². The molecule has 3 aromatic rings. The topological polar surface area (TPSA) is 69.3 Å². The summed E-state index contributed by atoms with van der Waals surface area (Å²) in [4.78, 5) is 12.4. The van der Waals surface area contributed by atoms with Crippen molar-refractivity contribution in [1.29, 1.82) is 0 Å². The number of halogens is 2. The van der Waals surface area contributed by atoms with Gasteiger partial charge in [0.25, 0.3) is 5.91 Å². The minimum absolute atomic E-state index is 0.211.